The second-order valence-corrected chi connectivity index (χ2v) is 7.56. The fourth-order valence-corrected chi connectivity index (χ4v) is 4.08. The van der Waals surface area contributed by atoms with Crippen LogP contribution in [0.1, 0.15) is 16.9 Å². The lowest BCUT2D eigenvalue weighted by molar-refractivity contribution is 0.400. The van der Waals surface area contributed by atoms with Gasteiger partial charge in [0.2, 0.25) is 10.0 Å². The van der Waals surface area contributed by atoms with Gasteiger partial charge in [0.15, 0.2) is 0 Å². The average Bonchev–Trinajstić information content (AvgIpc) is 2.66. The fourth-order valence-electron chi connectivity index (χ4n) is 1.50. The summed E-state index contributed by atoms with van der Waals surface area (Å²) >= 11 is 1.24. The van der Waals surface area contributed by atoms with E-state index in [1.54, 1.807) is 6.07 Å². The molecule has 0 aliphatic carbocycles. The molecule has 0 amide bonds. The van der Waals surface area contributed by atoms with E-state index in [0.717, 1.165) is 23.4 Å². The monoisotopic (exact) mass is 291 g/mol. The predicted octanol–water partition coefficient (Wildman–Crippen LogP) is 0.745. The number of hydrogen-bond donors (Lipinski definition) is 2. The van der Waals surface area contributed by atoms with Crippen LogP contribution in [0.3, 0.4) is 0 Å². The van der Waals surface area contributed by atoms with Gasteiger partial charge in [0.1, 0.15) is 4.21 Å². The second kappa shape index (κ2) is 6.63. The standard InChI is InChI=1S/C11H21N3O2S2/c1-9-7-11(17-10(9)8-12)18(15,16)13-5-4-6-14(2)3/h7,13H,4-6,8,12H2,1-3H3. The molecule has 0 radical (unpaired) electrons. The molecule has 1 aromatic rings. The molecule has 1 aromatic heterocycles. The molecule has 0 aliphatic heterocycles. The van der Waals surface area contributed by atoms with Crippen molar-refractivity contribution in [3.05, 3.63) is 16.5 Å². The third-order valence-corrected chi connectivity index (χ3v) is 5.72. The number of rotatable bonds is 7. The van der Waals surface area contributed by atoms with Crippen LogP contribution in [0.15, 0.2) is 10.3 Å². The first kappa shape index (κ1) is 15.6. The Hall–Kier alpha value is -0.470. The Kier molecular flexibility index (Phi) is 5.74. The zero-order valence-electron chi connectivity index (χ0n) is 11.1. The van der Waals surface area contributed by atoms with Crippen molar-refractivity contribution in [2.24, 2.45) is 5.73 Å². The molecule has 0 spiro atoms. The summed E-state index contributed by atoms with van der Waals surface area (Å²) in [6.45, 7) is 3.58. The van der Waals surface area contributed by atoms with E-state index in [2.05, 4.69) is 4.72 Å². The minimum atomic E-state index is -3.38. The van der Waals surface area contributed by atoms with Gasteiger partial charge in [0.05, 0.1) is 0 Å². The van der Waals surface area contributed by atoms with Gasteiger partial charge >= 0.3 is 0 Å². The summed E-state index contributed by atoms with van der Waals surface area (Å²) in [5, 5.41) is 0. The Morgan fingerprint density at radius 3 is 2.61 bits per heavy atom. The van der Waals surface area contributed by atoms with Gasteiger partial charge < -0.3 is 10.6 Å². The Morgan fingerprint density at radius 2 is 2.11 bits per heavy atom. The topological polar surface area (TPSA) is 75.4 Å². The van der Waals surface area contributed by atoms with Crippen molar-refractivity contribution in [3.63, 3.8) is 0 Å². The van der Waals surface area contributed by atoms with Crippen molar-refractivity contribution in [1.29, 1.82) is 0 Å². The first-order valence-corrected chi connectivity index (χ1v) is 8.10. The highest BCUT2D eigenvalue weighted by atomic mass is 32.2. The van der Waals surface area contributed by atoms with E-state index in [9.17, 15) is 8.42 Å². The molecule has 1 heterocycles. The minimum absolute atomic E-state index is 0.352. The molecule has 0 aromatic carbocycles. The van der Waals surface area contributed by atoms with Crippen LogP contribution in [-0.2, 0) is 16.6 Å². The molecular weight excluding hydrogens is 270 g/mol. The molecule has 0 saturated heterocycles. The molecule has 104 valence electrons. The van der Waals surface area contributed by atoms with Gasteiger partial charge in [-0.3, -0.25) is 0 Å². The van der Waals surface area contributed by atoms with Crippen LogP contribution in [0.25, 0.3) is 0 Å². The smallest absolute Gasteiger partial charge is 0.250 e. The Morgan fingerprint density at radius 1 is 1.44 bits per heavy atom. The largest absolute Gasteiger partial charge is 0.326 e. The summed E-state index contributed by atoms with van der Waals surface area (Å²) in [5.41, 5.74) is 6.49. The molecule has 0 fully saturated rings. The third kappa shape index (κ3) is 4.33. The number of nitrogens with one attached hydrogen (secondary N) is 1. The highest BCUT2D eigenvalue weighted by Crippen LogP contribution is 2.25. The van der Waals surface area contributed by atoms with Crippen LogP contribution >= 0.6 is 11.3 Å². The van der Waals surface area contributed by atoms with Crippen LogP contribution in [-0.4, -0.2) is 40.5 Å². The summed E-state index contributed by atoms with van der Waals surface area (Å²) in [5.74, 6) is 0. The maximum absolute atomic E-state index is 12.0. The molecule has 18 heavy (non-hydrogen) atoms. The zero-order chi connectivity index (χ0) is 13.8. The maximum Gasteiger partial charge on any atom is 0.250 e. The van der Waals surface area contributed by atoms with Crippen molar-refractivity contribution in [2.75, 3.05) is 27.2 Å². The maximum atomic E-state index is 12.0. The zero-order valence-corrected chi connectivity index (χ0v) is 12.7. The fraction of sp³-hybridized carbons (Fsp3) is 0.636. The SMILES string of the molecule is Cc1cc(S(=O)(=O)NCCCN(C)C)sc1CN. The number of nitrogens with zero attached hydrogens (tertiary/aromatic N) is 1. The average molecular weight is 291 g/mol. The van der Waals surface area contributed by atoms with Crippen molar-refractivity contribution in [1.82, 2.24) is 9.62 Å². The number of sulfonamides is 1. The summed E-state index contributed by atoms with van der Waals surface area (Å²) < 4.78 is 27.0. The lowest BCUT2D eigenvalue weighted by Crippen LogP contribution is -2.26. The highest BCUT2D eigenvalue weighted by Gasteiger charge is 2.17. The molecule has 7 heteroatoms. The molecule has 0 aliphatic rings. The molecule has 0 atom stereocenters. The number of hydrogen-bond acceptors (Lipinski definition) is 5. The van der Waals surface area contributed by atoms with E-state index in [4.69, 9.17) is 5.73 Å². The Bertz CT molecular complexity index is 480. The summed E-state index contributed by atoms with van der Waals surface area (Å²) in [6, 6.07) is 1.68. The van der Waals surface area contributed by atoms with E-state index in [1.165, 1.54) is 11.3 Å². The number of nitrogens with two attached hydrogens (primary N) is 1. The molecule has 0 saturated carbocycles. The number of thiophene rings is 1. The first-order valence-electron chi connectivity index (χ1n) is 5.80. The lowest BCUT2D eigenvalue weighted by atomic mass is 10.3. The van der Waals surface area contributed by atoms with Crippen molar-refractivity contribution in [3.8, 4) is 0 Å². The van der Waals surface area contributed by atoms with Gasteiger partial charge in [0, 0.05) is 18.0 Å². The van der Waals surface area contributed by atoms with E-state index >= 15 is 0 Å². The van der Waals surface area contributed by atoms with Crippen molar-refractivity contribution < 1.29 is 8.42 Å². The van der Waals surface area contributed by atoms with Crippen LogP contribution in [0.4, 0.5) is 0 Å². The van der Waals surface area contributed by atoms with E-state index in [-0.39, 0.29) is 0 Å². The number of aryl methyl sites for hydroxylation is 1. The molecule has 5 nitrogen and oxygen atoms in total. The normalized spacial score (nSPS) is 12.3. The minimum Gasteiger partial charge on any atom is -0.326 e. The highest BCUT2D eigenvalue weighted by molar-refractivity contribution is 7.91. The first-order chi connectivity index (χ1) is 8.36. The molecule has 3 N–H and O–H groups in total. The van der Waals surface area contributed by atoms with E-state index < -0.39 is 10.0 Å². The summed E-state index contributed by atoms with van der Waals surface area (Å²) in [4.78, 5) is 2.94. The van der Waals surface area contributed by atoms with Gasteiger partial charge in [-0.25, -0.2) is 13.1 Å². The van der Waals surface area contributed by atoms with Crippen LogP contribution in [0.2, 0.25) is 0 Å². The lowest BCUT2D eigenvalue weighted by Gasteiger charge is -2.09. The Labute approximate surface area is 113 Å². The third-order valence-electron chi connectivity index (χ3n) is 2.52. The van der Waals surface area contributed by atoms with Crippen molar-refractivity contribution in [2.45, 2.75) is 24.1 Å². The quantitative estimate of drug-likeness (QED) is 0.727. The summed E-state index contributed by atoms with van der Waals surface area (Å²) in [6.07, 6.45) is 0.792. The molecular formula is C11H21N3O2S2. The van der Waals surface area contributed by atoms with Gasteiger partial charge in [0.25, 0.3) is 0 Å². The van der Waals surface area contributed by atoms with E-state index in [0.29, 0.717) is 17.3 Å². The van der Waals surface area contributed by atoms with Gasteiger partial charge in [-0.1, -0.05) is 0 Å². The van der Waals surface area contributed by atoms with Crippen LogP contribution in [0.5, 0.6) is 0 Å². The van der Waals surface area contributed by atoms with Gasteiger partial charge in [-0.2, -0.15) is 0 Å². The second-order valence-electron chi connectivity index (χ2n) is 4.43. The van der Waals surface area contributed by atoms with Gasteiger partial charge in [-0.15, -0.1) is 11.3 Å². The predicted molar refractivity (Wildman–Crippen MR) is 75.3 cm³/mol. The van der Waals surface area contributed by atoms with Crippen LogP contribution in [0, 0.1) is 6.92 Å². The van der Waals surface area contributed by atoms with E-state index in [1.807, 2.05) is 25.9 Å². The molecule has 0 bridgehead atoms. The van der Waals surface area contributed by atoms with Crippen LogP contribution < -0.4 is 10.5 Å². The summed E-state index contributed by atoms with van der Waals surface area (Å²) in [7, 11) is 0.550. The Balaban J connectivity index is 2.62. The van der Waals surface area contributed by atoms with Crippen molar-refractivity contribution >= 4 is 21.4 Å². The van der Waals surface area contributed by atoms with Gasteiger partial charge in [-0.05, 0) is 45.6 Å². The molecule has 0 unspecified atom stereocenters. The molecule has 1 rings (SSSR count).